The largest absolute Gasteiger partial charge is 0.321 e. The van der Waals surface area contributed by atoms with Crippen LogP contribution in [0.1, 0.15) is 10.4 Å². The number of para-hydroxylation sites is 1. The molecule has 0 aliphatic carbocycles. The highest BCUT2D eigenvalue weighted by Crippen LogP contribution is 2.28. The first-order chi connectivity index (χ1) is 13.0. The predicted octanol–water partition coefficient (Wildman–Crippen LogP) is 5.63. The van der Waals surface area contributed by atoms with E-state index in [1.165, 1.54) is 10.9 Å². The van der Waals surface area contributed by atoms with E-state index in [9.17, 15) is 4.79 Å². The highest BCUT2D eigenvalue weighted by Gasteiger charge is 2.13. The molecule has 0 radical (unpaired) electrons. The first-order valence-electron chi connectivity index (χ1n) is 7.90. The summed E-state index contributed by atoms with van der Waals surface area (Å²) in [5.74, 6) is -0.356. The summed E-state index contributed by atoms with van der Waals surface area (Å²) in [6.45, 7) is 0. The van der Waals surface area contributed by atoms with Crippen molar-refractivity contribution in [2.24, 2.45) is 0 Å². The van der Waals surface area contributed by atoms with Crippen molar-refractivity contribution < 1.29 is 4.79 Å². The van der Waals surface area contributed by atoms with Gasteiger partial charge in [-0.05, 0) is 42.5 Å². The zero-order chi connectivity index (χ0) is 19.0. The number of nitrogens with one attached hydrogen (secondary N) is 1. The van der Waals surface area contributed by atoms with Crippen LogP contribution in [0.4, 0.5) is 5.69 Å². The monoisotopic (exact) mass is 416 g/mol. The van der Waals surface area contributed by atoms with E-state index >= 15 is 0 Å². The van der Waals surface area contributed by atoms with E-state index in [2.05, 4.69) is 15.5 Å². The van der Waals surface area contributed by atoms with Crippen LogP contribution < -0.4 is 5.32 Å². The second kappa shape index (κ2) is 7.19. The predicted molar refractivity (Wildman–Crippen MR) is 108 cm³/mol. The van der Waals surface area contributed by atoms with E-state index in [1.54, 1.807) is 24.3 Å². The Kier molecular flexibility index (Phi) is 4.74. The summed E-state index contributed by atoms with van der Waals surface area (Å²) in [6, 6.07) is 17.5. The molecule has 4 rings (SSSR count). The fourth-order valence-corrected chi connectivity index (χ4v) is 3.05. The third-order valence-corrected chi connectivity index (χ3v) is 4.94. The van der Waals surface area contributed by atoms with E-state index in [4.69, 9.17) is 34.8 Å². The van der Waals surface area contributed by atoms with Gasteiger partial charge >= 0.3 is 0 Å². The van der Waals surface area contributed by atoms with Crippen LogP contribution in [0.2, 0.25) is 15.1 Å². The average molecular weight is 418 g/mol. The van der Waals surface area contributed by atoms with Gasteiger partial charge in [0.25, 0.3) is 5.91 Å². The summed E-state index contributed by atoms with van der Waals surface area (Å²) >= 11 is 18.2. The number of anilines is 1. The molecule has 0 aliphatic rings. The van der Waals surface area contributed by atoms with Crippen molar-refractivity contribution in [3.8, 4) is 5.69 Å². The molecule has 0 bridgehead atoms. The third-order valence-electron chi connectivity index (χ3n) is 3.89. The number of hydrogen-bond donors (Lipinski definition) is 1. The van der Waals surface area contributed by atoms with Crippen LogP contribution in [0.3, 0.4) is 0 Å². The summed E-state index contributed by atoms with van der Waals surface area (Å²) in [6.07, 6.45) is 0. The maximum atomic E-state index is 12.5. The van der Waals surface area contributed by atoms with Crippen LogP contribution in [0.25, 0.3) is 16.7 Å². The fourth-order valence-electron chi connectivity index (χ4n) is 2.54. The van der Waals surface area contributed by atoms with Crippen molar-refractivity contribution in [1.82, 2.24) is 15.0 Å². The van der Waals surface area contributed by atoms with Crippen molar-refractivity contribution in [3.05, 3.63) is 81.3 Å². The van der Waals surface area contributed by atoms with Gasteiger partial charge in [0.15, 0.2) is 0 Å². The molecule has 0 saturated heterocycles. The number of carbonyl (C=O) groups is 1. The first-order valence-corrected chi connectivity index (χ1v) is 9.03. The lowest BCUT2D eigenvalue weighted by molar-refractivity contribution is 0.102. The van der Waals surface area contributed by atoms with Crippen LogP contribution in [-0.4, -0.2) is 20.9 Å². The Hall–Kier alpha value is -2.60. The van der Waals surface area contributed by atoms with Gasteiger partial charge in [-0.15, -0.1) is 10.2 Å². The van der Waals surface area contributed by atoms with Gasteiger partial charge in [0, 0.05) is 5.56 Å². The number of hydrogen-bond acceptors (Lipinski definition) is 3. The zero-order valence-corrected chi connectivity index (χ0v) is 15.9. The van der Waals surface area contributed by atoms with Gasteiger partial charge < -0.3 is 5.32 Å². The lowest BCUT2D eigenvalue weighted by atomic mass is 10.2. The fraction of sp³-hybridized carbons (Fsp3) is 0. The van der Waals surface area contributed by atoms with E-state index in [-0.39, 0.29) is 5.91 Å². The second-order valence-corrected chi connectivity index (χ2v) is 6.95. The molecular formula is C19H11Cl3N4O. The highest BCUT2D eigenvalue weighted by atomic mass is 35.5. The number of aromatic nitrogens is 3. The van der Waals surface area contributed by atoms with Crippen molar-refractivity contribution in [2.45, 2.75) is 0 Å². The summed E-state index contributed by atoms with van der Waals surface area (Å²) in [7, 11) is 0. The number of fused-ring (bicyclic) bond motifs is 1. The van der Waals surface area contributed by atoms with Crippen LogP contribution in [-0.2, 0) is 0 Å². The van der Waals surface area contributed by atoms with Crippen LogP contribution in [0.15, 0.2) is 60.7 Å². The smallest absolute Gasteiger partial charge is 0.255 e. The Balaban J connectivity index is 1.66. The van der Waals surface area contributed by atoms with Crippen molar-refractivity contribution in [2.75, 3.05) is 5.32 Å². The molecule has 0 aliphatic heterocycles. The molecule has 1 aromatic heterocycles. The number of halogens is 3. The molecule has 0 fully saturated rings. The molecule has 8 heteroatoms. The normalized spacial score (nSPS) is 10.9. The molecule has 3 aromatic carbocycles. The Labute approximate surface area is 169 Å². The molecule has 27 heavy (non-hydrogen) atoms. The quantitative estimate of drug-likeness (QED) is 0.470. The van der Waals surface area contributed by atoms with E-state index < -0.39 is 0 Å². The Morgan fingerprint density at radius 2 is 1.52 bits per heavy atom. The van der Waals surface area contributed by atoms with Crippen molar-refractivity contribution >= 4 is 57.4 Å². The van der Waals surface area contributed by atoms with Crippen LogP contribution in [0.5, 0.6) is 0 Å². The second-order valence-electron chi connectivity index (χ2n) is 5.73. The molecule has 134 valence electrons. The molecule has 5 nitrogen and oxygen atoms in total. The topological polar surface area (TPSA) is 59.8 Å². The number of benzene rings is 3. The minimum atomic E-state index is -0.356. The van der Waals surface area contributed by atoms with Crippen molar-refractivity contribution in [3.63, 3.8) is 0 Å². The number of carbonyl (C=O) groups excluding carboxylic acids is 1. The summed E-state index contributed by atoms with van der Waals surface area (Å²) in [5, 5.41) is 12.7. The van der Waals surface area contributed by atoms with E-state index in [0.717, 1.165) is 5.69 Å². The first kappa shape index (κ1) is 17.8. The Morgan fingerprint density at radius 1 is 0.815 bits per heavy atom. The van der Waals surface area contributed by atoms with Gasteiger partial charge in [0.1, 0.15) is 11.0 Å². The third kappa shape index (κ3) is 3.62. The molecule has 1 heterocycles. The van der Waals surface area contributed by atoms with Crippen LogP contribution >= 0.6 is 34.8 Å². The summed E-state index contributed by atoms with van der Waals surface area (Å²) in [5.41, 5.74) is 2.85. The molecule has 0 unspecified atom stereocenters. The van der Waals surface area contributed by atoms with Crippen LogP contribution in [0, 0.1) is 0 Å². The van der Waals surface area contributed by atoms with Gasteiger partial charge in [-0.1, -0.05) is 53.0 Å². The number of amides is 1. The number of nitrogens with zero attached hydrogens (tertiary/aromatic N) is 3. The summed E-state index contributed by atoms with van der Waals surface area (Å²) < 4.78 is 0. The SMILES string of the molecule is O=C(Nc1cc2nn(-c3ccccc3)nc2cc1Cl)c1ccc(Cl)c(Cl)c1. The van der Waals surface area contributed by atoms with E-state index in [0.29, 0.717) is 37.4 Å². The molecular weight excluding hydrogens is 407 g/mol. The summed E-state index contributed by atoms with van der Waals surface area (Å²) in [4.78, 5) is 14.0. The molecule has 1 N–H and O–H groups in total. The molecule has 0 saturated carbocycles. The van der Waals surface area contributed by atoms with Gasteiger partial charge in [-0.2, -0.15) is 4.80 Å². The van der Waals surface area contributed by atoms with Gasteiger partial charge in [0.2, 0.25) is 0 Å². The molecule has 0 atom stereocenters. The Morgan fingerprint density at radius 3 is 2.22 bits per heavy atom. The van der Waals surface area contributed by atoms with E-state index in [1.807, 2.05) is 30.3 Å². The standard InChI is InChI=1S/C19H11Cl3N4O/c20-13-7-6-11(8-14(13)21)19(27)23-16-10-18-17(9-15(16)22)24-26(25-18)12-4-2-1-3-5-12/h1-10H,(H,23,27). The minimum absolute atomic E-state index is 0.302. The molecule has 1 amide bonds. The average Bonchev–Trinajstić information content (AvgIpc) is 3.07. The van der Waals surface area contributed by atoms with Gasteiger partial charge in [0.05, 0.1) is 26.4 Å². The van der Waals surface area contributed by atoms with Gasteiger partial charge in [-0.3, -0.25) is 4.79 Å². The lowest BCUT2D eigenvalue weighted by Gasteiger charge is -2.07. The zero-order valence-electron chi connectivity index (χ0n) is 13.7. The maximum absolute atomic E-state index is 12.5. The highest BCUT2D eigenvalue weighted by molar-refractivity contribution is 6.42. The molecule has 4 aromatic rings. The van der Waals surface area contributed by atoms with Crippen molar-refractivity contribution in [1.29, 1.82) is 0 Å². The van der Waals surface area contributed by atoms with Gasteiger partial charge in [-0.25, -0.2) is 0 Å². The molecule has 0 spiro atoms. The lowest BCUT2D eigenvalue weighted by Crippen LogP contribution is -2.12. The number of rotatable bonds is 3. The maximum Gasteiger partial charge on any atom is 0.255 e. The Bertz CT molecular complexity index is 1160. The minimum Gasteiger partial charge on any atom is -0.321 e.